The minimum Gasteiger partial charge on any atom is -0.481 e. The van der Waals surface area contributed by atoms with Gasteiger partial charge < -0.3 is 9.67 Å². The highest BCUT2D eigenvalue weighted by Gasteiger charge is 2.18. The van der Waals surface area contributed by atoms with Crippen LogP contribution in [0.5, 0.6) is 0 Å². The molecule has 0 amide bonds. The number of rotatable bonds is 6. The van der Waals surface area contributed by atoms with Gasteiger partial charge in [0.2, 0.25) is 0 Å². The van der Waals surface area contributed by atoms with Crippen LogP contribution >= 0.6 is 11.8 Å². The van der Waals surface area contributed by atoms with Crippen LogP contribution in [-0.2, 0) is 4.79 Å². The summed E-state index contributed by atoms with van der Waals surface area (Å²) in [6, 6.07) is 7.77. The molecule has 2 rings (SSSR count). The molecule has 1 heterocycles. The molecule has 0 saturated carbocycles. The van der Waals surface area contributed by atoms with E-state index in [-0.39, 0.29) is 11.8 Å². The van der Waals surface area contributed by atoms with Crippen molar-refractivity contribution in [1.29, 1.82) is 5.26 Å². The van der Waals surface area contributed by atoms with E-state index in [9.17, 15) is 4.79 Å². The number of fused-ring (bicyclic) bond motifs is 1. The number of thioether (sulfide) groups is 1. The summed E-state index contributed by atoms with van der Waals surface area (Å²) < 4.78 is 2.07. The van der Waals surface area contributed by atoms with Crippen molar-refractivity contribution in [3.05, 3.63) is 23.8 Å². The van der Waals surface area contributed by atoms with Crippen molar-refractivity contribution in [3.8, 4) is 6.07 Å². The number of benzene rings is 1. The SMILES string of the molecule is CCC(CC)n1c(SCC(=O)O)nc2ccc(C#N)cc21. The molecule has 1 N–H and O–H groups in total. The number of carbonyl (C=O) groups is 1. The predicted octanol–water partition coefficient (Wildman–Crippen LogP) is 3.45. The van der Waals surface area contributed by atoms with E-state index in [1.54, 1.807) is 6.07 Å². The third kappa shape index (κ3) is 3.19. The van der Waals surface area contributed by atoms with Crippen LogP contribution in [0.2, 0.25) is 0 Å². The molecule has 0 saturated heterocycles. The standard InChI is InChI=1S/C15H17N3O2S/c1-3-11(4-2)18-13-7-10(8-16)5-6-12(13)17-15(18)21-9-14(19)20/h5-7,11H,3-4,9H2,1-2H3,(H,19,20). The van der Waals surface area contributed by atoms with Crippen molar-refractivity contribution >= 4 is 28.8 Å². The van der Waals surface area contributed by atoms with Crippen LogP contribution < -0.4 is 0 Å². The minimum absolute atomic E-state index is 0.0193. The van der Waals surface area contributed by atoms with Crippen LogP contribution in [-0.4, -0.2) is 26.4 Å². The van der Waals surface area contributed by atoms with E-state index in [1.165, 1.54) is 11.8 Å². The molecule has 5 nitrogen and oxygen atoms in total. The smallest absolute Gasteiger partial charge is 0.313 e. The van der Waals surface area contributed by atoms with Gasteiger partial charge in [-0.15, -0.1) is 0 Å². The first-order valence-electron chi connectivity index (χ1n) is 6.87. The number of nitrogens with zero attached hydrogens (tertiary/aromatic N) is 3. The number of hydrogen-bond acceptors (Lipinski definition) is 4. The molecule has 2 aromatic rings. The first kappa shape index (κ1) is 15.4. The maximum Gasteiger partial charge on any atom is 0.313 e. The van der Waals surface area contributed by atoms with Gasteiger partial charge >= 0.3 is 5.97 Å². The van der Waals surface area contributed by atoms with Gasteiger partial charge in [-0.1, -0.05) is 25.6 Å². The van der Waals surface area contributed by atoms with Crippen molar-refractivity contribution < 1.29 is 9.90 Å². The second-order valence-corrected chi connectivity index (χ2v) is 5.67. The summed E-state index contributed by atoms with van der Waals surface area (Å²) in [6.07, 6.45) is 1.86. The fourth-order valence-corrected chi connectivity index (χ4v) is 3.18. The molecule has 1 aromatic heterocycles. The number of carboxylic acid groups (broad SMARTS) is 1. The Morgan fingerprint density at radius 1 is 1.48 bits per heavy atom. The fourth-order valence-electron chi connectivity index (χ4n) is 2.38. The van der Waals surface area contributed by atoms with Gasteiger partial charge in [0.15, 0.2) is 5.16 Å². The van der Waals surface area contributed by atoms with Crippen LogP contribution in [0, 0.1) is 11.3 Å². The molecule has 0 bridgehead atoms. The Balaban J connectivity index is 2.58. The molecule has 0 aliphatic rings. The van der Waals surface area contributed by atoms with E-state index in [0.29, 0.717) is 10.7 Å². The van der Waals surface area contributed by atoms with Crippen LogP contribution in [0.25, 0.3) is 11.0 Å². The van der Waals surface area contributed by atoms with E-state index in [2.05, 4.69) is 29.5 Å². The average Bonchev–Trinajstić information content (AvgIpc) is 2.84. The number of imidazole rings is 1. The van der Waals surface area contributed by atoms with Crippen molar-refractivity contribution in [2.24, 2.45) is 0 Å². The van der Waals surface area contributed by atoms with Gasteiger partial charge in [-0.3, -0.25) is 4.79 Å². The number of hydrogen-bond donors (Lipinski definition) is 1. The van der Waals surface area contributed by atoms with E-state index in [0.717, 1.165) is 23.9 Å². The van der Waals surface area contributed by atoms with Gasteiger partial charge in [-0.25, -0.2) is 4.98 Å². The zero-order chi connectivity index (χ0) is 15.4. The largest absolute Gasteiger partial charge is 0.481 e. The molecular weight excluding hydrogens is 286 g/mol. The summed E-state index contributed by atoms with van der Waals surface area (Å²) in [6.45, 7) is 4.19. The van der Waals surface area contributed by atoms with Gasteiger partial charge in [-0.05, 0) is 31.0 Å². The first-order valence-corrected chi connectivity index (χ1v) is 7.85. The molecule has 110 valence electrons. The van der Waals surface area contributed by atoms with Crippen LogP contribution in [0.15, 0.2) is 23.4 Å². The summed E-state index contributed by atoms with van der Waals surface area (Å²) in [5, 5.41) is 18.6. The van der Waals surface area contributed by atoms with Crippen molar-refractivity contribution in [1.82, 2.24) is 9.55 Å². The third-order valence-electron chi connectivity index (χ3n) is 3.42. The normalized spacial score (nSPS) is 11.0. The molecule has 21 heavy (non-hydrogen) atoms. The maximum absolute atomic E-state index is 10.8. The second kappa shape index (κ2) is 6.64. The lowest BCUT2D eigenvalue weighted by Gasteiger charge is -2.18. The van der Waals surface area contributed by atoms with E-state index in [1.807, 2.05) is 12.1 Å². The minimum atomic E-state index is -0.860. The predicted molar refractivity (Wildman–Crippen MR) is 82.4 cm³/mol. The van der Waals surface area contributed by atoms with Gasteiger partial charge in [0.25, 0.3) is 0 Å². The lowest BCUT2D eigenvalue weighted by Crippen LogP contribution is -2.09. The summed E-state index contributed by atoms with van der Waals surface area (Å²) >= 11 is 1.22. The molecular formula is C15H17N3O2S. The fraction of sp³-hybridized carbons (Fsp3) is 0.400. The highest BCUT2D eigenvalue weighted by molar-refractivity contribution is 7.99. The van der Waals surface area contributed by atoms with E-state index in [4.69, 9.17) is 10.4 Å². The Kier molecular flexibility index (Phi) is 4.86. The third-order valence-corrected chi connectivity index (χ3v) is 4.36. The highest BCUT2D eigenvalue weighted by atomic mass is 32.2. The Morgan fingerprint density at radius 2 is 2.19 bits per heavy atom. The van der Waals surface area contributed by atoms with Crippen molar-refractivity contribution in [2.75, 3.05) is 5.75 Å². The summed E-state index contributed by atoms with van der Waals surface area (Å²) in [4.78, 5) is 15.3. The van der Waals surface area contributed by atoms with Gasteiger partial charge in [0, 0.05) is 6.04 Å². The van der Waals surface area contributed by atoms with Crippen molar-refractivity contribution in [3.63, 3.8) is 0 Å². The lowest BCUT2D eigenvalue weighted by atomic mass is 10.1. The number of nitriles is 1. The molecule has 0 spiro atoms. The summed E-state index contributed by atoms with van der Waals surface area (Å²) in [7, 11) is 0. The Hall–Kier alpha value is -2.00. The van der Waals surface area contributed by atoms with Crippen LogP contribution in [0.1, 0.15) is 38.3 Å². The molecule has 0 atom stereocenters. The molecule has 6 heteroatoms. The second-order valence-electron chi connectivity index (χ2n) is 4.73. The Bertz CT molecular complexity index is 699. The molecule has 1 aromatic carbocycles. The Morgan fingerprint density at radius 3 is 2.76 bits per heavy atom. The lowest BCUT2D eigenvalue weighted by molar-refractivity contribution is -0.133. The molecule has 0 fully saturated rings. The van der Waals surface area contributed by atoms with Gasteiger partial charge in [0.1, 0.15) is 0 Å². The molecule has 0 radical (unpaired) electrons. The molecule has 0 aliphatic heterocycles. The molecule has 0 unspecified atom stereocenters. The number of aromatic nitrogens is 2. The molecule has 0 aliphatic carbocycles. The maximum atomic E-state index is 10.8. The zero-order valence-corrected chi connectivity index (χ0v) is 12.9. The summed E-state index contributed by atoms with van der Waals surface area (Å²) in [5.74, 6) is -0.880. The van der Waals surface area contributed by atoms with E-state index >= 15 is 0 Å². The Labute approximate surface area is 127 Å². The monoisotopic (exact) mass is 303 g/mol. The van der Waals surface area contributed by atoms with Gasteiger partial charge in [-0.2, -0.15) is 5.26 Å². The number of carboxylic acids is 1. The van der Waals surface area contributed by atoms with E-state index < -0.39 is 5.97 Å². The van der Waals surface area contributed by atoms with Crippen molar-refractivity contribution in [2.45, 2.75) is 37.9 Å². The average molecular weight is 303 g/mol. The number of aliphatic carboxylic acids is 1. The topological polar surface area (TPSA) is 78.9 Å². The zero-order valence-electron chi connectivity index (χ0n) is 12.0. The van der Waals surface area contributed by atoms with Gasteiger partial charge in [0.05, 0.1) is 28.4 Å². The highest BCUT2D eigenvalue weighted by Crippen LogP contribution is 2.31. The van der Waals surface area contributed by atoms with Crippen LogP contribution in [0.3, 0.4) is 0 Å². The quantitative estimate of drug-likeness (QED) is 0.827. The first-order chi connectivity index (χ1) is 10.1. The van der Waals surface area contributed by atoms with Crippen LogP contribution in [0.4, 0.5) is 0 Å². The summed E-state index contributed by atoms with van der Waals surface area (Å²) in [5.41, 5.74) is 2.29.